The first-order chi connectivity index (χ1) is 21.1. The number of carbonyl (C=O) groups excluding carboxylic acids is 1. The second-order valence-electron chi connectivity index (χ2n) is 10.8. The molecule has 3 aromatic carbocycles. The smallest absolute Gasteiger partial charge is 0.310 e. The fourth-order valence-corrected chi connectivity index (χ4v) is 5.99. The van der Waals surface area contributed by atoms with Crippen LogP contribution in [0.5, 0.6) is 5.75 Å². The third kappa shape index (κ3) is 6.04. The highest BCUT2D eigenvalue weighted by Crippen LogP contribution is 2.35. The number of hydrogen-bond acceptors (Lipinski definition) is 8. The molecule has 3 heterocycles. The summed E-state index contributed by atoms with van der Waals surface area (Å²) in [7, 11) is 1.74. The first kappa shape index (κ1) is 28.6. The van der Waals surface area contributed by atoms with E-state index < -0.39 is 0 Å². The number of likely N-dealkylation sites (tertiary alicyclic amines) is 1. The zero-order chi connectivity index (χ0) is 29.8. The second kappa shape index (κ2) is 12.8. The number of anilines is 1. The summed E-state index contributed by atoms with van der Waals surface area (Å²) in [6.07, 6.45) is 2.90. The van der Waals surface area contributed by atoms with Gasteiger partial charge in [0.25, 0.3) is 0 Å². The molecule has 0 aliphatic carbocycles. The summed E-state index contributed by atoms with van der Waals surface area (Å²) in [5.74, 6) is 0.910. The Morgan fingerprint density at radius 1 is 1.05 bits per heavy atom. The molecule has 0 radical (unpaired) electrons. The fraction of sp³-hybridized carbons (Fsp3) is 0.324. The van der Waals surface area contributed by atoms with Crippen LogP contribution in [0.25, 0.3) is 32.8 Å². The molecule has 0 unspecified atom stereocenters. The van der Waals surface area contributed by atoms with Gasteiger partial charge in [0.05, 0.1) is 36.9 Å². The van der Waals surface area contributed by atoms with Crippen molar-refractivity contribution >= 4 is 33.5 Å². The van der Waals surface area contributed by atoms with Crippen LogP contribution in [0.3, 0.4) is 0 Å². The molecule has 1 aliphatic heterocycles. The molecule has 43 heavy (non-hydrogen) atoms. The van der Waals surface area contributed by atoms with Crippen molar-refractivity contribution in [3.63, 3.8) is 0 Å². The predicted octanol–water partition coefficient (Wildman–Crippen LogP) is 5.41. The van der Waals surface area contributed by atoms with Crippen LogP contribution in [-0.2, 0) is 27.3 Å². The van der Waals surface area contributed by atoms with Crippen LogP contribution < -0.4 is 10.5 Å². The Hall–Kier alpha value is -4.47. The van der Waals surface area contributed by atoms with Crippen molar-refractivity contribution in [2.75, 3.05) is 45.7 Å². The standard InChI is InChI=1S/C34H37N5O4/c1-3-42-33(40)20-24-7-4-5-10-32(24)43-22-31-29-19-23(26-8-6-9-28-27(26)13-15-36-34(28)35)11-12-30(29)37-39(31)25-14-16-38(21-25)17-18-41-2/h4-13,15,19,25H,3,14,16-18,20-22H2,1-2H3,(H2,35,36)/t25-/m0/s1. The molecule has 9 nitrogen and oxygen atoms in total. The van der Waals surface area contributed by atoms with Crippen LogP contribution in [0.1, 0.15) is 30.6 Å². The van der Waals surface area contributed by atoms with E-state index in [4.69, 9.17) is 25.0 Å². The van der Waals surface area contributed by atoms with Crippen molar-refractivity contribution in [3.05, 3.63) is 84.2 Å². The summed E-state index contributed by atoms with van der Waals surface area (Å²) in [6, 6.07) is 22.4. The summed E-state index contributed by atoms with van der Waals surface area (Å²) < 4.78 is 19.1. The lowest BCUT2D eigenvalue weighted by molar-refractivity contribution is -0.142. The number of ether oxygens (including phenoxy) is 3. The maximum atomic E-state index is 12.3. The van der Waals surface area contributed by atoms with E-state index >= 15 is 0 Å². The van der Waals surface area contributed by atoms with Crippen molar-refractivity contribution in [3.8, 4) is 16.9 Å². The number of esters is 1. The van der Waals surface area contributed by atoms with Gasteiger partial charge in [-0.3, -0.25) is 14.4 Å². The highest BCUT2D eigenvalue weighted by molar-refractivity contribution is 6.02. The van der Waals surface area contributed by atoms with Gasteiger partial charge in [0.15, 0.2) is 0 Å². The van der Waals surface area contributed by atoms with E-state index in [1.165, 1.54) is 0 Å². The van der Waals surface area contributed by atoms with Crippen molar-refractivity contribution in [1.29, 1.82) is 0 Å². The Labute approximate surface area is 251 Å². The average Bonchev–Trinajstić information content (AvgIpc) is 3.64. The van der Waals surface area contributed by atoms with Gasteiger partial charge in [0.2, 0.25) is 0 Å². The van der Waals surface area contributed by atoms with E-state index in [9.17, 15) is 4.79 Å². The number of nitrogens with zero attached hydrogens (tertiary/aromatic N) is 4. The lowest BCUT2D eigenvalue weighted by atomic mass is 9.97. The number of rotatable bonds is 11. The normalized spacial score (nSPS) is 15.3. The topological polar surface area (TPSA) is 105 Å². The Bertz CT molecular complexity index is 1750. The monoisotopic (exact) mass is 579 g/mol. The molecular weight excluding hydrogens is 542 g/mol. The number of para-hydroxylation sites is 1. The molecule has 222 valence electrons. The number of fused-ring (bicyclic) bond motifs is 2. The molecule has 0 saturated carbocycles. The van der Waals surface area contributed by atoms with E-state index in [0.717, 1.165) is 70.1 Å². The summed E-state index contributed by atoms with van der Waals surface area (Å²) in [5, 5.41) is 8.12. The van der Waals surface area contributed by atoms with E-state index in [-0.39, 0.29) is 18.4 Å². The average molecular weight is 580 g/mol. The summed E-state index contributed by atoms with van der Waals surface area (Å²) in [5.41, 5.74) is 11.1. The summed E-state index contributed by atoms with van der Waals surface area (Å²) in [4.78, 5) is 19.0. The molecule has 2 N–H and O–H groups in total. The number of hydrogen-bond donors (Lipinski definition) is 1. The molecule has 2 aromatic heterocycles. The van der Waals surface area contributed by atoms with Crippen LogP contribution in [-0.4, -0.2) is 65.6 Å². The van der Waals surface area contributed by atoms with Crippen molar-refractivity contribution in [2.45, 2.75) is 32.4 Å². The molecule has 0 bridgehead atoms. The molecular formula is C34H37N5O4. The first-order valence-electron chi connectivity index (χ1n) is 14.8. The van der Waals surface area contributed by atoms with Crippen LogP contribution >= 0.6 is 0 Å². The van der Waals surface area contributed by atoms with Crippen molar-refractivity contribution < 1.29 is 19.0 Å². The number of benzene rings is 3. The van der Waals surface area contributed by atoms with Gasteiger partial charge in [-0.05, 0) is 54.1 Å². The van der Waals surface area contributed by atoms with Gasteiger partial charge in [-0.25, -0.2) is 4.98 Å². The highest BCUT2D eigenvalue weighted by atomic mass is 16.5. The second-order valence-corrected chi connectivity index (χ2v) is 10.8. The minimum absolute atomic E-state index is 0.157. The number of carbonyl (C=O) groups is 1. The van der Waals surface area contributed by atoms with Gasteiger partial charge in [-0.15, -0.1) is 0 Å². The van der Waals surface area contributed by atoms with Crippen LogP contribution in [0, 0.1) is 0 Å². The zero-order valence-electron chi connectivity index (χ0n) is 24.7. The van der Waals surface area contributed by atoms with Crippen molar-refractivity contribution in [2.24, 2.45) is 0 Å². The number of pyridine rings is 1. The molecule has 1 aliphatic rings. The van der Waals surface area contributed by atoms with Gasteiger partial charge in [0.1, 0.15) is 18.2 Å². The first-order valence-corrected chi connectivity index (χ1v) is 14.8. The lowest BCUT2D eigenvalue weighted by Gasteiger charge is -2.18. The number of methoxy groups -OCH3 is 1. The quantitative estimate of drug-likeness (QED) is 0.207. The van der Waals surface area contributed by atoms with E-state index in [1.54, 1.807) is 13.3 Å². The largest absolute Gasteiger partial charge is 0.487 e. The predicted molar refractivity (Wildman–Crippen MR) is 168 cm³/mol. The van der Waals surface area contributed by atoms with Gasteiger partial charge in [-0.2, -0.15) is 5.10 Å². The van der Waals surface area contributed by atoms with Crippen LogP contribution in [0.4, 0.5) is 5.82 Å². The number of nitrogen functional groups attached to an aromatic ring is 1. The molecule has 5 aromatic rings. The fourth-order valence-electron chi connectivity index (χ4n) is 5.99. The van der Waals surface area contributed by atoms with Gasteiger partial charge in [0, 0.05) is 49.3 Å². The Kier molecular flexibility index (Phi) is 8.53. The molecule has 0 amide bonds. The van der Waals surface area contributed by atoms with Gasteiger partial charge < -0.3 is 19.9 Å². The van der Waals surface area contributed by atoms with Crippen LogP contribution in [0.15, 0.2) is 72.9 Å². The summed E-state index contributed by atoms with van der Waals surface area (Å²) >= 11 is 0. The molecule has 9 heteroatoms. The molecule has 1 atom stereocenters. The molecule has 1 fully saturated rings. The number of nitrogens with two attached hydrogens (primary N) is 1. The minimum Gasteiger partial charge on any atom is -0.487 e. The van der Waals surface area contributed by atoms with Crippen molar-refractivity contribution in [1.82, 2.24) is 19.7 Å². The molecule has 0 spiro atoms. The Morgan fingerprint density at radius 3 is 2.79 bits per heavy atom. The van der Waals surface area contributed by atoms with E-state index in [1.807, 2.05) is 49.4 Å². The van der Waals surface area contributed by atoms with E-state index in [2.05, 4.69) is 38.8 Å². The Morgan fingerprint density at radius 2 is 1.93 bits per heavy atom. The van der Waals surface area contributed by atoms with Gasteiger partial charge in [-0.1, -0.05) is 42.5 Å². The maximum Gasteiger partial charge on any atom is 0.310 e. The zero-order valence-corrected chi connectivity index (χ0v) is 24.7. The summed E-state index contributed by atoms with van der Waals surface area (Å²) in [6.45, 7) is 5.94. The van der Waals surface area contributed by atoms with Gasteiger partial charge >= 0.3 is 5.97 Å². The third-order valence-corrected chi connectivity index (χ3v) is 8.13. The third-order valence-electron chi connectivity index (χ3n) is 8.13. The minimum atomic E-state index is -0.272. The van der Waals surface area contributed by atoms with E-state index in [0.29, 0.717) is 31.4 Å². The Balaban J connectivity index is 1.39. The van der Waals surface area contributed by atoms with Crippen LogP contribution in [0.2, 0.25) is 0 Å². The maximum absolute atomic E-state index is 12.3. The SMILES string of the molecule is CCOC(=O)Cc1ccccc1OCc1c2cc(-c3cccc4c(N)nccc34)ccc2nn1[C@H]1CCN(CCOC)C1. The lowest BCUT2D eigenvalue weighted by Crippen LogP contribution is -2.26. The molecule has 6 rings (SSSR count). The highest BCUT2D eigenvalue weighted by Gasteiger charge is 2.28. The number of aromatic nitrogens is 3. The molecule has 1 saturated heterocycles.